The summed E-state index contributed by atoms with van der Waals surface area (Å²) in [6.45, 7) is 0. The lowest BCUT2D eigenvalue weighted by Crippen LogP contribution is -1.91. The molecule has 9 aromatic carbocycles. The molecule has 0 amide bonds. The second-order valence-electron chi connectivity index (χ2n) is 13.9. The van der Waals surface area contributed by atoms with E-state index in [0.717, 1.165) is 82.7 Å². The average Bonchev–Trinajstić information content (AvgIpc) is 3.93. The first kappa shape index (κ1) is 28.6. The average molecular weight is 677 g/mol. The third-order valence-corrected chi connectivity index (χ3v) is 11.1. The van der Waals surface area contributed by atoms with Gasteiger partial charge in [0.15, 0.2) is 0 Å². The highest BCUT2D eigenvalue weighted by molar-refractivity contribution is 6.28. The second kappa shape index (κ2) is 10.7. The monoisotopic (exact) mass is 676 g/mol. The fraction of sp³-hybridized carbons (Fsp3) is 0. The van der Waals surface area contributed by atoms with Gasteiger partial charge in [0.25, 0.3) is 0 Å². The summed E-state index contributed by atoms with van der Waals surface area (Å²) in [5.74, 6) is 0. The van der Waals surface area contributed by atoms with Crippen LogP contribution < -0.4 is 0 Å². The van der Waals surface area contributed by atoms with Gasteiger partial charge in [0.05, 0.1) is 11.6 Å². The van der Waals surface area contributed by atoms with Crippen LogP contribution in [-0.4, -0.2) is 0 Å². The molecule has 0 unspecified atom stereocenters. The summed E-state index contributed by atoms with van der Waals surface area (Å²) >= 11 is 0. The maximum atomic E-state index is 6.85. The predicted octanol–water partition coefficient (Wildman–Crippen LogP) is 14.7. The number of benzene rings is 9. The van der Waals surface area contributed by atoms with Crippen LogP contribution in [0.15, 0.2) is 183 Å². The first-order valence-electron chi connectivity index (χ1n) is 18.0. The van der Waals surface area contributed by atoms with Crippen LogP contribution in [0.5, 0.6) is 0 Å². The Morgan fingerprint density at radius 2 is 0.925 bits per heavy atom. The Labute approximate surface area is 302 Å². The smallest absolute Gasteiger partial charge is 0.146 e. The first-order chi connectivity index (χ1) is 26.3. The first-order valence-corrected chi connectivity index (χ1v) is 18.0. The van der Waals surface area contributed by atoms with Gasteiger partial charge in [-0.25, -0.2) is 0 Å². The van der Waals surface area contributed by atoms with E-state index in [2.05, 4.69) is 152 Å². The summed E-state index contributed by atoms with van der Waals surface area (Å²) in [6.07, 6.45) is 1.89. The third-order valence-electron chi connectivity index (χ3n) is 11.1. The Hall–Kier alpha value is -7.10. The summed E-state index contributed by atoms with van der Waals surface area (Å²) in [5.41, 5.74) is 11.1. The third kappa shape index (κ3) is 3.99. The lowest BCUT2D eigenvalue weighted by atomic mass is 9.84. The molecule has 0 fully saturated rings. The standard InChI is InChI=1S/C50H28O3/c1-2-12-30-27-31(24-23-29(30)11-1)41-28-51-50-36(41)25-26-44-48(50)40-20-9-19-39(49(40)53-44)46-34-15-5-3-13-32(34)45(33-14-4-6-16-35(33)46)38-18-10-22-43-47(38)37-17-7-8-21-42(37)52-43/h1-28H. The van der Waals surface area contributed by atoms with Crippen LogP contribution in [0.1, 0.15) is 0 Å². The zero-order valence-electron chi connectivity index (χ0n) is 28.4. The Morgan fingerprint density at radius 1 is 0.321 bits per heavy atom. The van der Waals surface area contributed by atoms with Crippen LogP contribution in [0.25, 0.3) is 121 Å². The molecule has 0 bridgehead atoms. The second-order valence-corrected chi connectivity index (χ2v) is 13.9. The summed E-state index contributed by atoms with van der Waals surface area (Å²) in [4.78, 5) is 0. The Morgan fingerprint density at radius 3 is 1.72 bits per heavy atom. The normalized spacial score (nSPS) is 12.2. The van der Waals surface area contributed by atoms with Gasteiger partial charge in [-0.2, -0.15) is 0 Å². The van der Waals surface area contributed by atoms with Crippen molar-refractivity contribution in [1.29, 1.82) is 0 Å². The van der Waals surface area contributed by atoms with E-state index < -0.39 is 0 Å². The molecule has 3 heterocycles. The quantitative estimate of drug-likeness (QED) is 0.175. The van der Waals surface area contributed by atoms with Crippen LogP contribution >= 0.6 is 0 Å². The minimum atomic E-state index is 0.808. The molecule has 0 aliphatic rings. The van der Waals surface area contributed by atoms with Crippen LogP contribution in [0.2, 0.25) is 0 Å². The summed E-state index contributed by atoms with van der Waals surface area (Å²) < 4.78 is 19.7. The highest BCUT2D eigenvalue weighted by atomic mass is 16.3. The van der Waals surface area contributed by atoms with Crippen molar-refractivity contribution in [3.05, 3.63) is 170 Å². The predicted molar refractivity (Wildman–Crippen MR) is 220 cm³/mol. The molecule has 12 rings (SSSR count). The highest BCUT2D eigenvalue weighted by Crippen LogP contribution is 2.49. The van der Waals surface area contributed by atoms with Gasteiger partial charge in [-0.1, -0.05) is 133 Å². The molecule has 3 heteroatoms. The molecule has 0 aliphatic carbocycles. The number of hydrogen-bond donors (Lipinski definition) is 0. The van der Waals surface area contributed by atoms with Crippen LogP contribution in [0, 0.1) is 0 Å². The number of para-hydroxylation sites is 2. The van der Waals surface area contributed by atoms with Crippen molar-refractivity contribution in [2.24, 2.45) is 0 Å². The van der Waals surface area contributed by atoms with Crippen molar-refractivity contribution < 1.29 is 13.3 Å². The topological polar surface area (TPSA) is 39.4 Å². The van der Waals surface area contributed by atoms with Crippen molar-refractivity contribution in [2.75, 3.05) is 0 Å². The van der Waals surface area contributed by atoms with Gasteiger partial charge in [0, 0.05) is 38.2 Å². The summed E-state index contributed by atoms with van der Waals surface area (Å²) in [7, 11) is 0. The maximum Gasteiger partial charge on any atom is 0.146 e. The number of hydrogen-bond acceptors (Lipinski definition) is 3. The molecule has 0 aliphatic heterocycles. The molecule has 0 N–H and O–H groups in total. The maximum absolute atomic E-state index is 6.85. The van der Waals surface area contributed by atoms with Gasteiger partial charge < -0.3 is 13.3 Å². The minimum absolute atomic E-state index is 0.808. The Bertz CT molecular complexity index is 3410. The Balaban J connectivity index is 1.13. The van der Waals surface area contributed by atoms with Crippen molar-refractivity contribution in [3.63, 3.8) is 0 Å². The highest BCUT2D eigenvalue weighted by Gasteiger charge is 2.23. The molecule has 0 radical (unpaired) electrons. The molecule has 3 aromatic heterocycles. The van der Waals surface area contributed by atoms with E-state index in [9.17, 15) is 0 Å². The van der Waals surface area contributed by atoms with Gasteiger partial charge in [-0.15, -0.1) is 0 Å². The lowest BCUT2D eigenvalue weighted by molar-refractivity contribution is 0.619. The molecule has 0 atom stereocenters. The van der Waals surface area contributed by atoms with Gasteiger partial charge in [-0.05, 0) is 79.3 Å². The van der Waals surface area contributed by atoms with Crippen molar-refractivity contribution in [1.82, 2.24) is 0 Å². The Kier molecular flexibility index (Phi) is 5.77. The van der Waals surface area contributed by atoms with E-state index in [0.29, 0.717) is 0 Å². The van der Waals surface area contributed by atoms with Crippen molar-refractivity contribution in [2.45, 2.75) is 0 Å². The summed E-state index contributed by atoms with van der Waals surface area (Å²) in [5, 5.41) is 12.5. The molecule has 0 saturated carbocycles. The number of fused-ring (bicyclic) bond motifs is 11. The largest absolute Gasteiger partial charge is 0.463 e. The van der Waals surface area contributed by atoms with Crippen molar-refractivity contribution >= 4 is 87.2 Å². The van der Waals surface area contributed by atoms with Crippen LogP contribution in [0.3, 0.4) is 0 Å². The zero-order chi connectivity index (χ0) is 34.6. The van der Waals surface area contributed by atoms with Crippen LogP contribution in [0.4, 0.5) is 0 Å². The molecule has 3 nitrogen and oxygen atoms in total. The van der Waals surface area contributed by atoms with Gasteiger partial charge in [0.2, 0.25) is 0 Å². The van der Waals surface area contributed by atoms with Gasteiger partial charge in [-0.3, -0.25) is 0 Å². The van der Waals surface area contributed by atoms with E-state index in [-0.39, 0.29) is 0 Å². The van der Waals surface area contributed by atoms with E-state index in [1.54, 1.807) is 0 Å². The molecule has 12 aromatic rings. The van der Waals surface area contributed by atoms with E-state index in [4.69, 9.17) is 13.3 Å². The fourth-order valence-electron chi connectivity index (χ4n) is 8.84. The van der Waals surface area contributed by atoms with Gasteiger partial charge >= 0.3 is 0 Å². The van der Waals surface area contributed by atoms with E-state index in [1.165, 1.54) is 37.9 Å². The van der Waals surface area contributed by atoms with E-state index in [1.807, 2.05) is 18.4 Å². The summed E-state index contributed by atoms with van der Waals surface area (Å²) in [6, 6.07) is 58.1. The van der Waals surface area contributed by atoms with E-state index >= 15 is 0 Å². The molecule has 53 heavy (non-hydrogen) atoms. The van der Waals surface area contributed by atoms with Crippen LogP contribution in [-0.2, 0) is 0 Å². The fourth-order valence-corrected chi connectivity index (χ4v) is 8.84. The zero-order valence-corrected chi connectivity index (χ0v) is 28.4. The molecule has 0 saturated heterocycles. The SMILES string of the molecule is c1ccc2cc(-c3coc4c3ccc3oc5c(-c6c7ccccc7c(-c7cccc8oc9ccccc9c78)c7ccccc67)cccc5c34)ccc2c1. The molecule has 0 spiro atoms. The van der Waals surface area contributed by atoms with Gasteiger partial charge in [0.1, 0.15) is 27.9 Å². The minimum Gasteiger partial charge on any atom is -0.463 e. The molecule has 246 valence electrons. The number of furan rings is 3. The number of rotatable bonds is 3. The molecular weight excluding hydrogens is 649 g/mol. The van der Waals surface area contributed by atoms with Crippen molar-refractivity contribution in [3.8, 4) is 33.4 Å². The molecular formula is C50H28O3. The lowest BCUT2D eigenvalue weighted by Gasteiger charge is -2.18.